The fourth-order valence-corrected chi connectivity index (χ4v) is 4.15. The third kappa shape index (κ3) is 4.35. The van der Waals surface area contributed by atoms with E-state index >= 15 is 0 Å². The van der Waals surface area contributed by atoms with E-state index in [0.29, 0.717) is 30.9 Å². The molecule has 7 nitrogen and oxygen atoms in total. The van der Waals surface area contributed by atoms with Crippen molar-refractivity contribution in [1.82, 2.24) is 4.90 Å². The number of carbonyl (C=O) groups is 1. The molecule has 22 heavy (non-hydrogen) atoms. The third-order valence-electron chi connectivity index (χ3n) is 3.61. The van der Waals surface area contributed by atoms with Gasteiger partial charge < -0.3 is 20.7 Å². The summed E-state index contributed by atoms with van der Waals surface area (Å²) in [7, 11) is -1.51. The Labute approximate surface area is 130 Å². The van der Waals surface area contributed by atoms with Crippen molar-refractivity contribution in [2.24, 2.45) is 0 Å². The lowest BCUT2D eigenvalue weighted by Crippen LogP contribution is -2.45. The highest BCUT2D eigenvalue weighted by molar-refractivity contribution is 7.91. The molecule has 1 atom stereocenters. The smallest absolute Gasteiger partial charge is 0.322 e. The van der Waals surface area contributed by atoms with Gasteiger partial charge in [-0.25, -0.2) is 13.2 Å². The van der Waals surface area contributed by atoms with Crippen LogP contribution in [0.2, 0.25) is 0 Å². The first-order chi connectivity index (χ1) is 10.4. The second-order valence-electron chi connectivity index (χ2n) is 5.30. The van der Waals surface area contributed by atoms with Crippen molar-refractivity contribution in [3.63, 3.8) is 0 Å². The molecule has 0 radical (unpaired) electrons. The van der Waals surface area contributed by atoms with Gasteiger partial charge >= 0.3 is 6.03 Å². The second kappa shape index (κ2) is 6.97. The SMILES string of the molecule is COCCN(C(=O)Nc1ccc(N)cc1)C1CCS(=O)(=O)C1. The molecule has 1 aliphatic heterocycles. The highest BCUT2D eigenvalue weighted by Gasteiger charge is 2.34. The molecule has 0 aromatic heterocycles. The van der Waals surface area contributed by atoms with Crippen LogP contribution in [0.15, 0.2) is 24.3 Å². The van der Waals surface area contributed by atoms with E-state index < -0.39 is 9.84 Å². The Kier molecular flexibility index (Phi) is 5.25. The number of hydrogen-bond donors (Lipinski definition) is 2. The maximum absolute atomic E-state index is 12.4. The lowest BCUT2D eigenvalue weighted by Gasteiger charge is -2.28. The summed E-state index contributed by atoms with van der Waals surface area (Å²) >= 11 is 0. The van der Waals surface area contributed by atoms with E-state index in [1.165, 1.54) is 4.90 Å². The van der Waals surface area contributed by atoms with Gasteiger partial charge in [0.2, 0.25) is 0 Å². The largest absolute Gasteiger partial charge is 0.399 e. The first kappa shape index (κ1) is 16.6. The predicted molar refractivity (Wildman–Crippen MR) is 85.5 cm³/mol. The molecule has 1 aromatic carbocycles. The summed E-state index contributed by atoms with van der Waals surface area (Å²) in [6.45, 7) is 0.698. The Hall–Kier alpha value is -1.80. The third-order valence-corrected chi connectivity index (χ3v) is 5.36. The van der Waals surface area contributed by atoms with Gasteiger partial charge in [-0.15, -0.1) is 0 Å². The summed E-state index contributed by atoms with van der Waals surface area (Å²) in [6.07, 6.45) is 0.460. The minimum atomic E-state index is -3.06. The molecule has 0 spiro atoms. The standard InChI is InChI=1S/C14H21N3O4S/c1-21-8-7-17(13-6-9-22(19,20)10-13)14(18)16-12-4-2-11(15)3-5-12/h2-5,13H,6-10,15H2,1H3,(H,16,18). The lowest BCUT2D eigenvalue weighted by atomic mass is 10.2. The van der Waals surface area contributed by atoms with Crippen LogP contribution in [0.3, 0.4) is 0 Å². The number of nitrogens with zero attached hydrogens (tertiary/aromatic N) is 1. The molecule has 1 aromatic rings. The number of methoxy groups -OCH3 is 1. The topological polar surface area (TPSA) is 102 Å². The number of anilines is 2. The highest BCUT2D eigenvalue weighted by Crippen LogP contribution is 2.19. The van der Waals surface area contributed by atoms with Crippen LogP contribution in [-0.4, -0.2) is 57.2 Å². The Morgan fingerprint density at radius 3 is 2.64 bits per heavy atom. The van der Waals surface area contributed by atoms with E-state index in [9.17, 15) is 13.2 Å². The zero-order chi connectivity index (χ0) is 16.2. The fourth-order valence-electron chi connectivity index (χ4n) is 2.42. The number of urea groups is 1. The van der Waals surface area contributed by atoms with E-state index in [1.807, 2.05) is 0 Å². The van der Waals surface area contributed by atoms with Gasteiger partial charge in [-0.1, -0.05) is 0 Å². The molecule has 2 rings (SSSR count). The van der Waals surface area contributed by atoms with Gasteiger partial charge in [0.15, 0.2) is 9.84 Å². The average molecular weight is 327 g/mol. The average Bonchev–Trinajstić information content (AvgIpc) is 2.82. The maximum atomic E-state index is 12.4. The van der Waals surface area contributed by atoms with Crippen molar-refractivity contribution in [2.45, 2.75) is 12.5 Å². The molecule has 3 N–H and O–H groups in total. The monoisotopic (exact) mass is 327 g/mol. The van der Waals surface area contributed by atoms with Crippen LogP contribution in [-0.2, 0) is 14.6 Å². The molecule has 1 aliphatic rings. The van der Waals surface area contributed by atoms with Crippen LogP contribution in [0.1, 0.15) is 6.42 Å². The van der Waals surface area contributed by atoms with Gasteiger partial charge in [0.05, 0.1) is 18.1 Å². The van der Waals surface area contributed by atoms with Crippen molar-refractivity contribution >= 4 is 27.2 Å². The summed E-state index contributed by atoms with van der Waals surface area (Å²) < 4.78 is 28.3. The highest BCUT2D eigenvalue weighted by atomic mass is 32.2. The molecular formula is C14H21N3O4S. The molecule has 0 saturated carbocycles. The Balaban J connectivity index is 2.07. The van der Waals surface area contributed by atoms with Gasteiger partial charge in [-0.3, -0.25) is 0 Å². The van der Waals surface area contributed by atoms with Gasteiger partial charge in [-0.05, 0) is 30.7 Å². The number of hydrogen-bond acceptors (Lipinski definition) is 5. The number of nitrogens with one attached hydrogen (secondary N) is 1. The molecular weight excluding hydrogens is 306 g/mol. The minimum Gasteiger partial charge on any atom is -0.399 e. The Morgan fingerprint density at radius 1 is 1.41 bits per heavy atom. The van der Waals surface area contributed by atoms with Crippen molar-refractivity contribution in [3.8, 4) is 0 Å². The molecule has 122 valence electrons. The van der Waals surface area contributed by atoms with Crippen LogP contribution >= 0.6 is 0 Å². The maximum Gasteiger partial charge on any atom is 0.322 e. The first-order valence-electron chi connectivity index (χ1n) is 7.04. The Morgan fingerprint density at radius 2 is 2.09 bits per heavy atom. The van der Waals surface area contributed by atoms with E-state index in [4.69, 9.17) is 10.5 Å². The number of rotatable bonds is 5. The van der Waals surface area contributed by atoms with Crippen LogP contribution in [0.4, 0.5) is 16.2 Å². The first-order valence-corrected chi connectivity index (χ1v) is 8.86. The summed E-state index contributed by atoms with van der Waals surface area (Å²) in [5, 5.41) is 2.76. The van der Waals surface area contributed by atoms with Crippen molar-refractivity contribution in [3.05, 3.63) is 24.3 Å². The number of ether oxygens (including phenoxy) is 1. The molecule has 0 bridgehead atoms. The molecule has 1 unspecified atom stereocenters. The van der Waals surface area contributed by atoms with Crippen molar-refractivity contribution in [1.29, 1.82) is 0 Å². The van der Waals surface area contributed by atoms with E-state index in [2.05, 4.69) is 5.32 Å². The van der Waals surface area contributed by atoms with Crippen LogP contribution in [0, 0.1) is 0 Å². The van der Waals surface area contributed by atoms with Gasteiger partial charge in [0.25, 0.3) is 0 Å². The molecule has 2 amide bonds. The van der Waals surface area contributed by atoms with Crippen molar-refractivity contribution < 1.29 is 17.9 Å². The molecule has 1 saturated heterocycles. The lowest BCUT2D eigenvalue weighted by molar-refractivity contribution is 0.140. The quantitative estimate of drug-likeness (QED) is 0.784. The summed E-state index contributed by atoms with van der Waals surface area (Å²) in [5.41, 5.74) is 6.83. The van der Waals surface area contributed by atoms with Gasteiger partial charge in [-0.2, -0.15) is 0 Å². The number of sulfone groups is 1. The summed E-state index contributed by atoms with van der Waals surface area (Å²) in [5.74, 6) is 0.127. The number of benzene rings is 1. The van der Waals surface area contributed by atoms with Gasteiger partial charge in [0, 0.05) is 31.1 Å². The number of amides is 2. The zero-order valence-electron chi connectivity index (χ0n) is 12.5. The fraction of sp³-hybridized carbons (Fsp3) is 0.500. The Bertz CT molecular complexity index is 615. The van der Waals surface area contributed by atoms with Crippen LogP contribution in [0.25, 0.3) is 0 Å². The summed E-state index contributed by atoms with van der Waals surface area (Å²) in [6, 6.07) is 6.14. The predicted octanol–water partition coefficient (Wildman–Crippen LogP) is 0.936. The van der Waals surface area contributed by atoms with E-state index in [0.717, 1.165) is 0 Å². The molecule has 0 aliphatic carbocycles. The van der Waals surface area contributed by atoms with E-state index in [1.54, 1.807) is 31.4 Å². The zero-order valence-corrected chi connectivity index (χ0v) is 13.3. The number of carbonyl (C=O) groups excluding carboxylic acids is 1. The second-order valence-corrected chi connectivity index (χ2v) is 7.52. The summed E-state index contributed by atoms with van der Waals surface area (Å²) in [4.78, 5) is 14.0. The van der Waals surface area contributed by atoms with Gasteiger partial charge in [0.1, 0.15) is 0 Å². The number of nitrogens with two attached hydrogens (primary N) is 1. The normalized spacial score (nSPS) is 19.8. The van der Waals surface area contributed by atoms with E-state index in [-0.39, 0.29) is 23.6 Å². The number of nitrogen functional groups attached to an aromatic ring is 1. The van der Waals surface area contributed by atoms with Crippen LogP contribution < -0.4 is 11.1 Å². The van der Waals surface area contributed by atoms with Crippen molar-refractivity contribution in [2.75, 3.05) is 42.8 Å². The molecule has 1 heterocycles. The molecule has 8 heteroatoms. The van der Waals surface area contributed by atoms with Crippen LogP contribution in [0.5, 0.6) is 0 Å². The minimum absolute atomic E-state index is 0.00583. The molecule has 1 fully saturated rings.